The molecule has 0 spiro atoms. The SMILES string of the molecule is c1ccc(-c2cccc(-c3cc4oc5cc6c(cc5c4c4c3oc3ccccc34)oc3cc(-c4cccc(-c5ccccc5)c4)c4oc5ccccc5c4c36)c2)cc1. The van der Waals surface area contributed by atoms with Crippen LogP contribution in [0.3, 0.4) is 0 Å². The first-order chi connectivity index (χ1) is 28.7. The minimum atomic E-state index is 0.785. The van der Waals surface area contributed by atoms with Crippen LogP contribution >= 0.6 is 0 Å². The minimum Gasteiger partial charge on any atom is -0.456 e. The fourth-order valence-corrected chi connectivity index (χ4v) is 9.23. The van der Waals surface area contributed by atoms with Gasteiger partial charge in [-0.25, -0.2) is 0 Å². The number of hydrogen-bond donors (Lipinski definition) is 0. The standard InChI is InChI=1S/C54H30O4/c1-3-13-31(14-4-1)33-17-11-19-35(25-33)39-27-47-49(51-37-21-7-9-23-43(37)57-53(39)51)41-29-46-42(30-45(41)55-47)50-48(56-46)28-40(54-52(50)38-22-8-10-24-44(38)58-54)36-20-12-18-34(26-36)32-15-5-2-6-16-32/h1-30H. The van der Waals surface area contributed by atoms with Crippen LogP contribution < -0.4 is 0 Å². The van der Waals surface area contributed by atoms with Gasteiger partial charge in [-0.3, -0.25) is 0 Å². The lowest BCUT2D eigenvalue weighted by molar-refractivity contribution is 0.661. The molecule has 0 aliphatic heterocycles. The van der Waals surface area contributed by atoms with Gasteiger partial charge in [0.15, 0.2) is 0 Å². The predicted octanol–water partition coefficient (Wildman–Crippen LogP) is 16.0. The van der Waals surface area contributed by atoms with Crippen LogP contribution in [0, 0.1) is 0 Å². The highest BCUT2D eigenvalue weighted by Crippen LogP contribution is 2.49. The number of furan rings is 4. The zero-order chi connectivity index (χ0) is 37.9. The zero-order valence-electron chi connectivity index (χ0n) is 31.0. The number of fused-ring (bicyclic) bond motifs is 14. The molecule has 270 valence electrons. The van der Waals surface area contributed by atoms with Crippen LogP contribution in [0.25, 0.3) is 132 Å². The average molecular weight is 743 g/mol. The van der Waals surface area contributed by atoms with Gasteiger partial charge in [0.2, 0.25) is 0 Å². The van der Waals surface area contributed by atoms with Crippen LogP contribution in [0.15, 0.2) is 200 Å². The fourth-order valence-electron chi connectivity index (χ4n) is 9.23. The molecule has 4 heterocycles. The Hall–Kier alpha value is -7.82. The van der Waals surface area contributed by atoms with Gasteiger partial charge in [-0.15, -0.1) is 0 Å². The molecule has 0 bridgehead atoms. The van der Waals surface area contributed by atoms with Crippen molar-refractivity contribution in [1.29, 1.82) is 0 Å². The molecule has 4 aromatic heterocycles. The highest BCUT2D eigenvalue weighted by atomic mass is 16.3. The largest absolute Gasteiger partial charge is 0.456 e. The van der Waals surface area contributed by atoms with E-state index in [2.05, 4.69) is 146 Å². The van der Waals surface area contributed by atoms with Crippen LogP contribution in [0.2, 0.25) is 0 Å². The van der Waals surface area contributed by atoms with Crippen LogP contribution in [0.4, 0.5) is 0 Å². The molecule has 13 aromatic rings. The number of benzene rings is 9. The Morgan fingerprint density at radius 1 is 0.224 bits per heavy atom. The highest BCUT2D eigenvalue weighted by molar-refractivity contribution is 6.32. The van der Waals surface area contributed by atoms with Crippen molar-refractivity contribution in [2.24, 2.45) is 0 Å². The maximum atomic E-state index is 6.90. The monoisotopic (exact) mass is 742 g/mol. The molecule has 0 aliphatic rings. The van der Waals surface area contributed by atoms with Gasteiger partial charge in [0, 0.05) is 54.2 Å². The fraction of sp³-hybridized carbons (Fsp3) is 0. The van der Waals surface area contributed by atoms with Crippen LogP contribution in [0.1, 0.15) is 0 Å². The van der Waals surface area contributed by atoms with Gasteiger partial charge >= 0.3 is 0 Å². The number of rotatable bonds is 4. The first-order valence-corrected chi connectivity index (χ1v) is 19.6. The van der Waals surface area contributed by atoms with Crippen molar-refractivity contribution in [3.05, 3.63) is 182 Å². The smallest absolute Gasteiger partial charge is 0.144 e. The topological polar surface area (TPSA) is 52.6 Å². The molecule has 0 amide bonds. The Morgan fingerprint density at radius 3 is 1.09 bits per heavy atom. The molecule has 58 heavy (non-hydrogen) atoms. The molecule has 13 rings (SSSR count). The van der Waals surface area contributed by atoms with E-state index in [1.165, 1.54) is 0 Å². The van der Waals surface area contributed by atoms with Gasteiger partial charge < -0.3 is 17.7 Å². The molecule has 0 fully saturated rings. The van der Waals surface area contributed by atoms with E-state index in [1.54, 1.807) is 0 Å². The lowest BCUT2D eigenvalue weighted by Crippen LogP contribution is -1.83. The zero-order valence-corrected chi connectivity index (χ0v) is 31.0. The molecule has 0 saturated carbocycles. The lowest BCUT2D eigenvalue weighted by Gasteiger charge is -2.07. The summed E-state index contributed by atoms with van der Waals surface area (Å²) in [6.07, 6.45) is 0. The Balaban J connectivity index is 1.09. The van der Waals surface area contributed by atoms with E-state index < -0.39 is 0 Å². The van der Waals surface area contributed by atoms with E-state index in [-0.39, 0.29) is 0 Å². The summed E-state index contributed by atoms with van der Waals surface area (Å²) in [4.78, 5) is 0. The van der Waals surface area contributed by atoms with E-state index in [4.69, 9.17) is 17.7 Å². The summed E-state index contributed by atoms with van der Waals surface area (Å²) >= 11 is 0. The summed E-state index contributed by atoms with van der Waals surface area (Å²) in [5.41, 5.74) is 15.2. The molecule has 0 radical (unpaired) electrons. The maximum Gasteiger partial charge on any atom is 0.144 e. The van der Waals surface area contributed by atoms with E-state index in [0.717, 1.165) is 132 Å². The molecule has 4 heteroatoms. The Labute approximate surface area is 330 Å². The van der Waals surface area contributed by atoms with Crippen molar-refractivity contribution in [3.63, 3.8) is 0 Å². The molecule has 0 N–H and O–H groups in total. The van der Waals surface area contributed by atoms with Gasteiger partial charge in [0.05, 0.1) is 0 Å². The summed E-state index contributed by atoms with van der Waals surface area (Å²) < 4.78 is 27.3. The predicted molar refractivity (Wildman–Crippen MR) is 237 cm³/mol. The van der Waals surface area contributed by atoms with E-state index in [0.29, 0.717) is 0 Å². The molecule has 0 aliphatic carbocycles. The Bertz CT molecular complexity index is 3530. The van der Waals surface area contributed by atoms with Crippen LogP contribution in [-0.2, 0) is 0 Å². The first-order valence-electron chi connectivity index (χ1n) is 19.6. The second-order valence-electron chi connectivity index (χ2n) is 15.1. The van der Waals surface area contributed by atoms with Crippen molar-refractivity contribution in [3.8, 4) is 44.5 Å². The quantitative estimate of drug-likeness (QED) is 0.180. The average Bonchev–Trinajstić information content (AvgIpc) is 4.05. The van der Waals surface area contributed by atoms with Crippen molar-refractivity contribution < 1.29 is 17.7 Å². The van der Waals surface area contributed by atoms with E-state index in [1.807, 2.05) is 36.4 Å². The third kappa shape index (κ3) is 4.51. The Kier molecular flexibility index (Phi) is 6.41. The number of para-hydroxylation sites is 2. The summed E-state index contributed by atoms with van der Waals surface area (Å²) in [5.74, 6) is 0. The van der Waals surface area contributed by atoms with Gasteiger partial charge in [-0.05, 0) is 81.9 Å². The molecule has 0 atom stereocenters. The summed E-state index contributed by atoms with van der Waals surface area (Å²) in [5, 5.41) is 8.14. The number of hydrogen-bond acceptors (Lipinski definition) is 4. The van der Waals surface area contributed by atoms with Crippen molar-refractivity contribution in [1.82, 2.24) is 0 Å². The maximum absolute atomic E-state index is 6.90. The molecule has 0 saturated heterocycles. The van der Waals surface area contributed by atoms with Gasteiger partial charge in [-0.2, -0.15) is 0 Å². The van der Waals surface area contributed by atoms with Crippen molar-refractivity contribution >= 4 is 87.8 Å². The first kappa shape index (κ1) is 31.4. The third-order valence-electron chi connectivity index (χ3n) is 11.8. The summed E-state index contributed by atoms with van der Waals surface area (Å²) in [7, 11) is 0. The Morgan fingerprint density at radius 2 is 0.621 bits per heavy atom. The molecular weight excluding hydrogens is 713 g/mol. The van der Waals surface area contributed by atoms with Crippen molar-refractivity contribution in [2.75, 3.05) is 0 Å². The van der Waals surface area contributed by atoms with Crippen molar-refractivity contribution in [2.45, 2.75) is 0 Å². The minimum absolute atomic E-state index is 0.785. The molecule has 9 aromatic carbocycles. The van der Waals surface area contributed by atoms with Gasteiger partial charge in [-0.1, -0.05) is 133 Å². The third-order valence-corrected chi connectivity index (χ3v) is 11.8. The van der Waals surface area contributed by atoms with E-state index >= 15 is 0 Å². The second kappa shape index (κ2) is 11.8. The summed E-state index contributed by atoms with van der Waals surface area (Å²) in [6, 6.07) is 63.4. The van der Waals surface area contributed by atoms with Crippen LogP contribution in [-0.4, -0.2) is 0 Å². The summed E-state index contributed by atoms with van der Waals surface area (Å²) in [6.45, 7) is 0. The van der Waals surface area contributed by atoms with E-state index in [9.17, 15) is 0 Å². The molecule has 0 unspecified atom stereocenters. The molecule has 4 nitrogen and oxygen atoms in total. The van der Waals surface area contributed by atoms with Gasteiger partial charge in [0.25, 0.3) is 0 Å². The normalized spacial score (nSPS) is 12.1. The van der Waals surface area contributed by atoms with Gasteiger partial charge in [0.1, 0.15) is 44.7 Å². The highest BCUT2D eigenvalue weighted by Gasteiger charge is 2.25. The lowest BCUT2D eigenvalue weighted by atomic mass is 9.95. The second-order valence-corrected chi connectivity index (χ2v) is 15.1. The van der Waals surface area contributed by atoms with Crippen LogP contribution in [0.5, 0.6) is 0 Å². The molecular formula is C54H30O4.